The largest absolute Gasteiger partial charge is 0.324 e. The number of rotatable bonds is 3. The van der Waals surface area contributed by atoms with Crippen LogP contribution in [0, 0.1) is 6.92 Å². The molecule has 1 unspecified atom stereocenters. The van der Waals surface area contributed by atoms with Gasteiger partial charge in [-0.3, -0.25) is 9.97 Å². The second-order valence-corrected chi connectivity index (χ2v) is 5.04. The molecule has 3 nitrogen and oxygen atoms in total. The van der Waals surface area contributed by atoms with Crippen LogP contribution in [0.2, 0.25) is 0 Å². The first-order valence-corrected chi connectivity index (χ1v) is 6.75. The minimum atomic E-state index is -0.0380. The molecule has 20 heavy (non-hydrogen) atoms. The van der Waals surface area contributed by atoms with Gasteiger partial charge >= 0.3 is 0 Å². The molecule has 0 bridgehead atoms. The van der Waals surface area contributed by atoms with Gasteiger partial charge in [0.05, 0.1) is 5.52 Å². The number of hydrogen-bond acceptors (Lipinski definition) is 3. The van der Waals surface area contributed by atoms with E-state index in [9.17, 15) is 0 Å². The maximum absolute atomic E-state index is 6.41. The van der Waals surface area contributed by atoms with E-state index in [-0.39, 0.29) is 6.04 Å². The smallest absolute Gasteiger partial charge is 0.0708 e. The molecular weight excluding hydrogens is 246 g/mol. The minimum Gasteiger partial charge on any atom is -0.324 e. The number of aromatic nitrogens is 2. The van der Waals surface area contributed by atoms with Crippen LogP contribution in [0.25, 0.3) is 10.9 Å². The highest BCUT2D eigenvalue weighted by Crippen LogP contribution is 2.25. The summed E-state index contributed by atoms with van der Waals surface area (Å²) < 4.78 is 0. The molecule has 1 aromatic carbocycles. The molecule has 0 aliphatic carbocycles. The Bertz CT molecular complexity index is 723. The molecule has 3 heteroatoms. The van der Waals surface area contributed by atoms with Crippen LogP contribution in [0.1, 0.15) is 22.9 Å². The molecule has 2 N–H and O–H groups in total. The highest BCUT2D eigenvalue weighted by atomic mass is 14.7. The van der Waals surface area contributed by atoms with E-state index in [4.69, 9.17) is 5.73 Å². The Balaban J connectivity index is 2.01. The van der Waals surface area contributed by atoms with E-state index in [2.05, 4.69) is 22.1 Å². The van der Waals surface area contributed by atoms with E-state index < -0.39 is 0 Å². The predicted octanol–water partition coefficient (Wildman–Crippen LogP) is 3.18. The zero-order valence-corrected chi connectivity index (χ0v) is 11.5. The van der Waals surface area contributed by atoms with Crippen LogP contribution in [-0.2, 0) is 6.42 Å². The highest BCUT2D eigenvalue weighted by molar-refractivity contribution is 5.82. The van der Waals surface area contributed by atoms with Crippen molar-refractivity contribution >= 4 is 10.9 Å². The standard InChI is InChI=1S/C17H17N3/c1-12-10-15(14-4-2-3-5-17(14)20-12)16(18)11-13-6-8-19-9-7-13/h2-10,16H,11,18H2,1H3. The number of pyridine rings is 2. The van der Waals surface area contributed by atoms with Crippen molar-refractivity contribution in [2.24, 2.45) is 5.73 Å². The first-order valence-electron chi connectivity index (χ1n) is 6.75. The van der Waals surface area contributed by atoms with Gasteiger partial charge in [0.15, 0.2) is 0 Å². The summed E-state index contributed by atoms with van der Waals surface area (Å²) in [5, 5.41) is 1.14. The normalized spacial score (nSPS) is 12.5. The molecule has 0 amide bonds. The molecule has 3 aromatic rings. The van der Waals surface area contributed by atoms with Crippen molar-refractivity contribution in [1.29, 1.82) is 0 Å². The Labute approximate surface area is 118 Å². The fourth-order valence-electron chi connectivity index (χ4n) is 2.53. The number of nitrogens with zero attached hydrogens (tertiary/aromatic N) is 2. The van der Waals surface area contributed by atoms with Crippen LogP contribution in [0.15, 0.2) is 54.9 Å². The monoisotopic (exact) mass is 263 g/mol. The lowest BCUT2D eigenvalue weighted by Crippen LogP contribution is -2.14. The van der Waals surface area contributed by atoms with Gasteiger partial charge in [-0.1, -0.05) is 18.2 Å². The number of hydrogen-bond donors (Lipinski definition) is 1. The van der Waals surface area contributed by atoms with E-state index >= 15 is 0 Å². The molecule has 1 atom stereocenters. The topological polar surface area (TPSA) is 51.8 Å². The number of fused-ring (bicyclic) bond motifs is 1. The summed E-state index contributed by atoms with van der Waals surface area (Å²) >= 11 is 0. The number of aryl methyl sites for hydroxylation is 1. The minimum absolute atomic E-state index is 0.0380. The van der Waals surface area contributed by atoms with E-state index in [1.54, 1.807) is 12.4 Å². The Morgan fingerprint density at radius 1 is 1.10 bits per heavy atom. The Hall–Kier alpha value is -2.26. The van der Waals surface area contributed by atoms with Gasteiger partial charge in [0.2, 0.25) is 0 Å². The number of para-hydroxylation sites is 1. The maximum atomic E-state index is 6.41. The molecule has 0 saturated carbocycles. The lowest BCUT2D eigenvalue weighted by Gasteiger charge is -2.15. The Morgan fingerprint density at radius 3 is 2.65 bits per heavy atom. The SMILES string of the molecule is Cc1cc(C(N)Cc2ccncc2)c2ccccc2n1. The molecular formula is C17H17N3. The van der Waals surface area contributed by atoms with E-state index in [1.165, 1.54) is 5.56 Å². The van der Waals surface area contributed by atoms with E-state index in [0.717, 1.165) is 28.6 Å². The quantitative estimate of drug-likeness (QED) is 0.789. The molecule has 0 radical (unpaired) electrons. The lowest BCUT2D eigenvalue weighted by atomic mass is 9.96. The van der Waals surface area contributed by atoms with Crippen LogP contribution in [-0.4, -0.2) is 9.97 Å². The van der Waals surface area contributed by atoms with Gasteiger partial charge in [-0.2, -0.15) is 0 Å². The number of benzene rings is 1. The van der Waals surface area contributed by atoms with Crippen LogP contribution in [0.3, 0.4) is 0 Å². The lowest BCUT2D eigenvalue weighted by molar-refractivity contribution is 0.725. The molecule has 0 fully saturated rings. The summed E-state index contributed by atoms with van der Waals surface area (Å²) in [7, 11) is 0. The van der Waals surface area contributed by atoms with Gasteiger partial charge in [-0.15, -0.1) is 0 Å². The van der Waals surface area contributed by atoms with Crippen molar-refractivity contribution in [3.05, 3.63) is 71.7 Å². The zero-order valence-electron chi connectivity index (χ0n) is 11.5. The molecule has 100 valence electrons. The van der Waals surface area contributed by atoms with Gasteiger partial charge < -0.3 is 5.73 Å². The fraction of sp³-hybridized carbons (Fsp3) is 0.176. The van der Waals surface area contributed by atoms with E-state index in [1.807, 2.05) is 37.3 Å². The van der Waals surface area contributed by atoms with Gasteiger partial charge in [-0.05, 0) is 48.7 Å². The molecule has 2 aromatic heterocycles. The van der Waals surface area contributed by atoms with Gasteiger partial charge in [0, 0.05) is 29.5 Å². The summed E-state index contributed by atoms with van der Waals surface area (Å²) in [6.45, 7) is 2.01. The summed E-state index contributed by atoms with van der Waals surface area (Å²) in [4.78, 5) is 8.60. The zero-order chi connectivity index (χ0) is 13.9. The third-order valence-electron chi connectivity index (χ3n) is 3.48. The van der Waals surface area contributed by atoms with Gasteiger partial charge in [-0.25, -0.2) is 0 Å². The summed E-state index contributed by atoms with van der Waals surface area (Å²) in [6.07, 6.45) is 4.41. The van der Waals surface area contributed by atoms with Crippen LogP contribution < -0.4 is 5.73 Å². The Kier molecular flexibility index (Phi) is 3.44. The van der Waals surface area contributed by atoms with Crippen molar-refractivity contribution in [1.82, 2.24) is 9.97 Å². The van der Waals surface area contributed by atoms with Crippen molar-refractivity contribution in [3.63, 3.8) is 0 Å². The predicted molar refractivity (Wildman–Crippen MR) is 81.3 cm³/mol. The van der Waals surface area contributed by atoms with Crippen molar-refractivity contribution in [2.75, 3.05) is 0 Å². The summed E-state index contributed by atoms with van der Waals surface area (Å²) in [5.74, 6) is 0. The first-order chi connectivity index (χ1) is 9.74. The van der Waals surface area contributed by atoms with Gasteiger partial charge in [0.25, 0.3) is 0 Å². The molecule has 0 aliphatic heterocycles. The molecule has 2 heterocycles. The van der Waals surface area contributed by atoms with Gasteiger partial charge in [0.1, 0.15) is 0 Å². The van der Waals surface area contributed by atoms with Crippen LogP contribution in [0.4, 0.5) is 0 Å². The third-order valence-corrected chi connectivity index (χ3v) is 3.48. The molecule has 0 saturated heterocycles. The maximum Gasteiger partial charge on any atom is 0.0708 e. The third kappa shape index (κ3) is 2.53. The van der Waals surface area contributed by atoms with Crippen molar-refractivity contribution in [2.45, 2.75) is 19.4 Å². The van der Waals surface area contributed by atoms with Crippen molar-refractivity contribution < 1.29 is 0 Å². The van der Waals surface area contributed by atoms with Crippen molar-refractivity contribution in [3.8, 4) is 0 Å². The van der Waals surface area contributed by atoms with Crippen LogP contribution >= 0.6 is 0 Å². The first kappa shape index (κ1) is 12.8. The fourth-order valence-corrected chi connectivity index (χ4v) is 2.53. The molecule has 0 spiro atoms. The summed E-state index contributed by atoms with van der Waals surface area (Å²) in [5.41, 5.74) is 10.8. The van der Waals surface area contributed by atoms with Crippen LogP contribution in [0.5, 0.6) is 0 Å². The molecule has 0 aliphatic rings. The molecule has 3 rings (SSSR count). The summed E-state index contributed by atoms with van der Waals surface area (Å²) in [6, 6.07) is 14.2. The highest BCUT2D eigenvalue weighted by Gasteiger charge is 2.12. The second-order valence-electron chi connectivity index (χ2n) is 5.04. The second kappa shape index (κ2) is 5.39. The van der Waals surface area contributed by atoms with E-state index in [0.29, 0.717) is 0 Å². The number of nitrogens with two attached hydrogens (primary N) is 1. The average Bonchev–Trinajstić information content (AvgIpc) is 2.47. The average molecular weight is 263 g/mol. The Morgan fingerprint density at radius 2 is 1.85 bits per heavy atom.